The van der Waals surface area contributed by atoms with Crippen LogP contribution in [0.15, 0.2) is 0 Å². The molecule has 1 amide bonds. The lowest BCUT2D eigenvalue weighted by molar-refractivity contribution is -0.153. The Kier molecular flexibility index (Phi) is 4.21. The number of thioether (sulfide) groups is 1. The fourth-order valence-electron chi connectivity index (χ4n) is 1.53. The number of hydrogen-bond donors (Lipinski definition) is 2. The first kappa shape index (κ1) is 13.3. The second-order valence-corrected chi connectivity index (χ2v) is 5.67. The minimum Gasteiger partial charge on any atom is -0.480 e. The maximum Gasteiger partial charge on any atom is 0.327 e. The lowest BCUT2D eigenvalue weighted by atomic mass is 9.91. The highest BCUT2D eigenvalue weighted by atomic mass is 32.2. The van der Waals surface area contributed by atoms with Gasteiger partial charge in [-0.15, -0.1) is 0 Å². The molecular formula is C10H18N2O3S. The number of nitrogens with two attached hydrogens (primary N) is 1. The van der Waals surface area contributed by atoms with E-state index in [1.54, 1.807) is 25.6 Å². The van der Waals surface area contributed by atoms with Crippen molar-refractivity contribution < 1.29 is 14.7 Å². The number of aliphatic carboxylic acids is 1. The normalized spacial score (nSPS) is 21.9. The lowest BCUT2D eigenvalue weighted by Gasteiger charge is -2.37. The molecule has 0 radical (unpaired) electrons. The molecule has 1 atom stereocenters. The van der Waals surface area contributed by atoms with E-state index in [-0.39, 0.29) is 12.5 Å². The topological polar surface area (TPSA) is 83.6 Å². The summed E-state index contributed by atoms with van der Waals surface area (Å²) < 4.78 is 0. The molecule has 0 aromatic heterocycles. The summed E-state index contributed by atoms with van der Waals surface area (Å²) in [5.74, 6) is 0.147. The molecule has 0 aromatic carbocycles. The number of carbonyl (C=O) groups excluding carboxylic acids is 1. The van der Waals surface area contributed by atoms with Gasteiger partial charge in [-0.2, -0.15) is 11.8 Å². The highest BCUT2D eigenvalue weighted by molar-refractivity contribution is 7.99. The average Bonchev–Trinajstić information content (AvgIpc) is 2.28. The van der Waals surface area contributed by atoms with Crippen molar-refractivity contribution in [1.82, 2.24) is 4.90 Å². The molecule has 0 aromatic rings. The van der Waals surface area contributed by atoms with Gasteiger partial charge in [0, 0.05) is 24.6 Å². The van der Waals surface area contributed by atoms with E-state index >= 15 is 0 Å². The van der Waals surface area contributed by atoms with Crippen molar-refractivity contribution in [3.8, 4) is 0 Å². The second kappa shape index (κ2) is 5.05. The van der Waals surface area contributed by atoms with Crippen molar-refractivity contribution in [3.05, 3.63) is 0 Å². The quantitative estimate of drug-likeness (QED) is 0.732. The zero-order valence-electron chi connectivity index (χ0n) is 9.60. The van der Waals surface area contributed by atoms with E-state index in [1.165, 1.54) is 4.90 Å². The van der Waals surface area contributed by atoms with E-state index in [9.17, 15) is 9.59 Å². The standard InChI is InChI=1S/C10H18N2O3S/c1-10(2,6-11)9(15)12-3-4-16-5-7(12)8(13)14/h7H,3-6,11H2,1-2H3,(H,13,14). The summed E-state index contributed by atoms with van der Waals surface area (Å²) in [5, 5.41) is 9.06. The van der Waals surface area contributed by atoms with Crippen LogP contribution in [0.1, 0.15) is 13.8 Å². The maximum atomic E-state index is 12.1. The number of carboxylic acids is 1. The predicted molar refractivity (Wildman–Crippen MR) is 63.3 cm³/mol. The molecule has 5 nitrogen and oxygen atoms in total. The van der Waals surface area contributed by atoms with E-state index in [0.717, 1.165) is 5.75 Å². The first-order valence-corrected chi connectivity index (χ1v) is 6.37. The van der Waals surface area contributed by atoms with E-state index in [0.29, 0.717) is 12.3 Å². The van der Waals surface area contributed by atoms with Crippen molar-refractivity contribution in [2.24, 2.45) is 11.1 Å². The molecule has 0 aliphatic carbocycles. The van der Waals surface area contributed by atoms with Crippen LogP contribution in [0.5, 0.6) is 0 Å². The maximum absolute atomic E-state index is 12.1. The van der Waals surface area contributed by atoms with Crippen molar-refractivity contribution >= 4 is 23.6 Å². The van der Waals surface area contributed by atoms with Crippen LogP contribution in [0.3, 0.4) is 0 Å². The Morgan fingerprint density at radius 3 is 2.69 bits per heavy atom. The number of carboxylic acid groups (broad SMARTS) is 1. The summed E-state index contributed by atoms with van der Waals surface area (Å²) in [6, 6.07) is -0.711. The molecule has 1 rings (SSSR count). The Bertz CT molecular complexity index is 294. The summed E-state index contributed by atoms with van der Waals surface area (Å²) in [5.41, 5.74) is 4.85. The Labute approximate surface area is 99.4 Å². The van der Waals surface area contributed by atoms with Gasteiger partial charge in [-0.3, -0.25) is 4.79 Å². The van der Waals surface area contributed by atoms with E-state index in [2.05, 4.69) is 0 Å². The van der Waals surface area contributed by atoms with Crippen LogP contribution < -0.4 is 5.73 Å². The zero-order chi connectivity index (χ0) is 12.3. The van der Waals surface area contributed by atoms with E-state index in [4.69, 9.17) is 10.8 Å². The number of rotatable bonds is 3. The molecule has 0 bridgehead atoms. The van der Waals surface area contributed by atoms with Gasteiger partial charge in [-0.1, -0.05) is 0 Å². The highest BCUT2D eigenvalue weighted by Gasteiger charge is 2.38. The average molecular weight is 246 g/mol. The minimum atomic E-state index is -0.937. The molecule has 1 unspecified atom stereocenters. The van der Waals surface area contributed by atoms with Crippen LogP contribution in [-0.4, -0.2) is 52.5 Å². The number of amides is 1. The smallest absolute Gasteiger partial charge is 0.327 e. The fraction of sp³-hybridized carbons (Fsp3) is 0.800. The van der Waals surface area contributed by atoms with Gasteiger partial charge in [0.05, 0.1) is 5.41 Å². The Hall–Kier alpha value is -0.750. The first-order chi connectivity index (χ1) is 7.40. The van der Waals surface area contributed by atoms with Crippen LogP contribution in [0.25, 0.3) is 0 Å². The van der Waals surface area contributed by atoms with Gasteiger partial charge in [0.1, 0.15) is 6.04 Å². The van der Waals surface area contributed by atoms with Crippen LogP contribution in [0.4, 0.5) is 0 Å². The van der Waals surface area contributed by atoms with Gasteiger partial charge in [-0.05, 0) is 13.8 Å². The SMILES string of the molecule is CC(C)(CN)C(=O)N1CCSCC1C(=O)O. The largest absolute Gasteiger partial charge is 0.480 e. The van der Waals surface area contributed by atoms with Gasteiger partial charge < -0.3 is 15.7 Å². The second-order valence-electron chi connectivity index (χ2n) is 4.52. The molecular weight excluding hydrogens is 228 g/mol. The summed E-state index contributed by atoms with van der Waals surface area (Å²) in [7, 11) is 0. The van der Waals surface area contributed by atoms with Gasteiger partial charge in [0.2, 0.25) is 5.91 Å². The van der Waals surface area contributed by atoms with E-state index < -0.39 is 17.4 Å². The Balaban J connectivity index is 2.83. The van der Waals surface area contributed by atoms with Crippen molar-refractivity contribution in [2.45, 2.75) is 19.9 Å². The van der Waals surface area contributed by atoms with Gasteiger partial charge in [0.25, 0.3) is 0 Å². The molecule has 3 N–H and O–H groups in total. The molecule has 1 fully saturated rings. The Morgan fingerprint density at radius 1 is 1.56 bits per heavy atom. The molecule has 1 aliphatic rings. The summed E-state index contributed by atoms with van der Waals surface area (Å²) >= 11 is 1.56. The van der Waals surface area contributed by atoms with Gasteiger partial charge in [0.15, 0.2) is 0 Å². The molecule has 1 heterocycles. The van der Waals surface area contributed by atoms with Crippen LogP contribution in [-0.2, 0) is 9.59 Å². The van der Waals surface area contributed by atoms with Crippen LogP contribution in [0.2, 0.25) is 0 Å². The Morgan fingerprint density at radius 2 is 2.19 bits per heavy atom. The summed E-state index contributed by atoms with van der Waals surface area (Å²) in [4.78, 5) is 24.6. The van der Waals surface area contributed by atoms with Gasteiger partial charge >= 0.3 is 5.97 Å². The molecule has 1 saturated heterocycles. The molecule has 0 saturated carbocycles. The van der Waals surface area contributed by atoms with Crippen molar-refractivity contribution in [2.75, 3.05) is 24.6 Å². The zero-order valence-corrected chi connectivity index (χ0v) is 10.4. The molecule has 16 heavy (non-hydrogen) atoms. The van der Waals surface area contributed by atoms with Crippen LogP contribution >= 0.6 is 11.8 Å². The highest BCUT2D eigenvalue weighted by Crippen LogP contribution is 2.24. The molecule has 6 heteroatoms. The number of nitrogens with zero attached hydrogens (tertiary/aromatic N) is 1. The summed E-state index contributed by atoms with van der Waals surface area (Å²) in [6.45, 7) is 4.21. The molecule has 0 spiro atoms. The summed E-state index contributed by atoms with van der Waals surface area (Å²) in [6.07, 6.45) is 0. The predicted octanol–water partition coefficient (Wildman–Crippen LogP) is -0.0001000. The monoisotopic (exact) mass is 246 g/mol. The van der Waals surface area contributed by atoms with Gasteiger partial charge in [-0.25, -0.2) is 4.79 Å². The lowest BCUT2D eigenvalue weighted by Crippen LogP contribution is -2.55. The van der Waals surface area contributed by atoms with E-state index in [1.807, 2.05) is 0 Å². The molecule has 92 valence electrons. The number of carbonyl (C=O) groups is 2. The first-order valence-electron chi connectivity index (χ1n) is 5.22. The third-order valence-corrected chi connectivity index (χ3v) is 3.79. The third kappa shape index (κ3) is 2.68. The number of hydrogen-bond acceptors (Lipinski definition) is 4. The van der Waals surface area contributed by atoms with Crippen molar-refractivity contribution in [3.63, 3.8) is 0 Å². The van der Waals surface area contributed by atoms with Crippen LogP contribution in [0, 0.1) is 5.41 Å². The fourth-order valence-corrected chi connectivity index (χ4v) is 2.57. The minimum absolute atomic E-state index is 0.164. The third-order valence-electron chi connectivity index (χ3n) is 2.76. The molecule has 1 aliphatic heterocycles. The van der Waals surface area contributed by atoms with Crippen molar-refractivity contribution in [1.29, 1.82) is 0 Å².